The van der Waals surface area contributed by atoms with E-state index in [2.05, 4.69) is 24.2 Å². The summed E-state index contributed by atoms with van der Waals surface area (Å²) in [7, 11) is 0. The van der Waals surface area contributed by atoms with Gasteiger partial charge < -0.3 is 10.1 Å². The summed E-state index contributed by atoms with van der Waals surface area (Å²) in [5, 5.41) is 3.68. The second-order valence-electron chi connectivity index (χ2n) is 4.94. The molecular weight excluding hydrogens is 222 g/mol. The molecular formula is C16H21NO. The van der Waals surface area contributed by atoms with Gasteiger partial charge in [-0.25, -0.2) is 0 Å². The molecule has 0 bridgehead atoms. The van der Waals surface area contributed by atoms with Gasteiger partial charge in [0.2, 0.25) is 0 Å². The maximum atomic E-state index is 5.56. The van der Waals surface area contributed by atoms with Gasteiger partial charge in [0, 0.05) is 17.6 Å². The first-order valence-corrected chi connectivity index (χ1v) is 6.69. The molecule has 0 unspecified atom stereocenters. The summed E-state index contributed by atoms with van der Waals surface area (Å²) in [6.07, 6.45) is 10.3. The van der Waals surface area contributed by atoms with Crippen molar-refractivity contribution in [1.82, 2.24) is 5.32 Å². The molecule has 0 atom stereocenters. The summed E-state index contributed by atoms with van der Waals surface area (Å²) in [4.78, 5) is 0. The Bertz CT molecular complexity index is 423. The molecule has 0 saturated heterocycles. The van der Waals surface area contributed by atoms with E-state index in [1.165, 1.54) is 31.2 Å². The number of terminal acetylenes is 1. The SMILES string of the molecule is C#CCOc1ccccc1CNC1(CC)CCC1. The summed E-state index contributed by atoms with van der Waals surface area (Å²) in [5.41, 5.74) is 1.55. The van der Waals surface area contributed by atoms with Crippen molar-refractivity contribution in [2.45, 2.75) is 44.7 Å². The lowest BCUT2D eigenvalue weighted by Crippen LogP contribution is -2.49. The van der Waals surface area contributed by atoms with E-state index in [0.29, 0.717) is 12.1 Å². The lowest BCUT2D eigenvalue weighted by Gasteiger charge is -2.42. The van der Waals surface area contributed by atoms with E-state index in [9.17, 15) is 0 Å². The third kappa shape index (κ3) is 2.86. The number of hydrogen-bond acceptors (Lipinski definition) is 2. The van der Waals surface area contributed by atoms with Crippen LogP contribution in [0, 0.1) is 12.3 Å². The van der Waals surface area contributed by atoms with Crippen molar-refractivity contribution in [2.24, 2.45) is 0 Å². The standard InChI is InChI=1S/C16H21NO/c1-3-12-18-15-9-6-5-8-14(15)13-17-16(4-2)10-7-11-16/h1,5-6,8-9,17H,4,7,10-13H2,2H3. The molecule has 0 heterocycles. The summed E-state index contributed by atoms with van der Waals surface area (Å²) in [5.74, 6) is 3.40. The molecule has 1 fully saturated rings. The van der Waals surface area contributed by atoms with Gasteiger partial charge in [0.05, 0.1) is 0 Å². The minimum Gasteiger partial charge on any atom is -0.481 e. The largest absolute Gasteiger partial charge is 0.481 e. The molecule has 0 aliphatic heterocycles. The van der Waals surface area contributed by atoms with Gasteiger partial charge in [0.15, 0.2) is 0 Å². The predicted molar refractivity (Wildman–Crippen MR) is 74.5 cm³/mol. The average molecular weight is 243 g/mol. The molecule has 1 N–H and O–H groups in total. The van der Waals surface area contributed by atoms with Crippen molar-refractivity contribution in [1.29, 1.82) is 0 Å². The molecule has 0 aromatic heterocycles. The summed E-state index contributed by atoms with van der Waals surface area (Å²) in [6.45, 7) is 3.44. The molecule has 1 aromatic carbocycles. The molecule has 0 amide bonds. The van der Waals surface area contributed by atoms with Crippen LogP contribution in [0.1, 0.15) is 38.2 Å². The Morgan fingerprint density at radius 2 is 2.17 bits per heavy atom. The maximum absolute atomic E-state index is 5.56. The predicted octanol–water partition coefficient (Wildman–Crippen LogP) is 3.12. The number of nitrogens with one attached hydrogen (secondary N) is 1. The molecule has 1 aliphatic carbocycles. The van der Waals surface area contributed by atoms with Gasteiger partial charge in [-0.15, -0.1) is 6.42 Å². The highest BCUT2D eigenvalue weighted by Gasteiger charge is 2.34. The number of ether oxygens (including phenoxy) is 1. The Kier molecular flexibility index (Phi) is 4.28. The van der Waals surface area contributed by atoms with Gasteiger partial charge >= 0.3 is 0 Å². The molecule has 1 aromatic rings. The first-order chi connectivity index (χ1) is 8.79. The summed E-state index contributed by atoms with van der Waals surface area (Å²) >= 11 is 0. The quantitative estimate of drug-likeness (QED) is 0.775. The van der Waals surface area contributed by atoms with Crippen LogP contribution in [-0.4, -0.2) is 12.1 Å². The zero-order chi connectivity index (χ0) is 12.8. The summed E-state index contributed by atoms with van der Waals surface area (Å²) < 4.78 is 5.56. The number of benzene rings is 1. The van der Waals surface area contributed by atoms with Crippen molar-refractivity contribution < 1.29 is 4.74 Å². The van der Waals surface area contributed by atoms with Crippen molar-refractivity contribution in [3.63, 3.8) is 0 Å². The second-order valence-corrected chi connectivity index (χ2v) is 4.94. The van der Waals surface area contributed by atoms with Crippen LogP contribution in [-0.2, 0) is 6.54 Å². The van der Waals surface area contributed by atoms with Crippen molar-refractivity contribution in [3.05, 3.63) is 29.8 Å². The number of rotatable bonds is 6. The van der Waals surface area contributed by atoms with Crippen LogP contribution in [0.25, 0.3) is 0 Å². The zero-order valence-electron chi connectivity index (χ0n) is 11.0. The fourth-order valence-corrected chi connectivity index (χ4v) is 2.45. The van der Waals surface area contributed by atoms with Crippen LogP contribution >= 0.6 is 0 Å². The molecule has 2 rings (SSSR count). The van der Waals surface area contributed by atoms with Gasteiger partial charge in [-0.05, 0) is 31.7 Å². The van der Waals surface area contributed by atoms with Gasteiger partial charge in [-0.2, -0.15) is 0 Å². The molecule has 2 nitrogen and oxygen atoms in total. The smallest absolute Gasteiger partial charge is 0.148 e. The molecule has 0 radical (unpaired) electrons. The van der Waals surface area contributed by atoms with Crippen LogP contribution in [0.2, 0.25) is 0 Å². The fraction of sp³-hybridized carbons (Fsp3) is 0.500. The lowest BCUT2D eigenvalue weighted by molar-refractivity contribution is 0.174. The Labute approximate surface area is 110 Å². The van der Waals surface area contributed by atoms with Crippen LogP contribution in [0.5, 0.6) is 5.75 Å². The van der Waals surface area contributed by atoms with Crippen LogP contribution < -0.4 is 10.1 Å². The minimum absolute atomic E-state index is 0.329. The van der Waals surface area contributed by atoms with Crippen molar-refractivity contribution in [3.8, 4) is 18.1 Å². The molecule has 1 saturated carbocycles. The lowest BCUT2D eigenvalue weighted by atomic mass is 9.75. The highest BCUT2D eigenvalue weighted by atomic mass is 16.5. The first kappa shape index (κ1) is 13.0. The third-order valence-corrected chi connectivity index (χ3v) is 3.92. The van der Waals surface area contributed by atoms with E-state index in [1.54, 1.807) is 0 Å². The normalized spacial score (nSPS) is 16.7. The van der Waals surface area contributed by atoms with E-state index in [1.807, 2.05) is 18.2 Å². The fourth-order valence-electron chi connectivity index (χ4n) is 2.45. The van der Waals surface area contributed by atoms with Gasteiger partial charge in [0.1, 0.15) is 12.4 Å². The van der Waals surface area contributed by atoms with Gasteiger partial charge in [-0.3, -0.25) is 0 Å². The molecule has 18 heavy (non-hydrogen) atoms. The van der Waals surface area contributed by atoms with E-state index >= 15 is 0 Å². The molecule has 96 valence electrons. The molecule has 2 heteroatoms. The van der Waals surface area contributed by atoms with E-state index in [0.717, 1.165) is 12.3 Å². The Morgan fingerprint density at radius 3 is 2.78 bits per heavy atom. The topological polar surface area (TPSA) is 21.3 Å². The minimum atomic E-state index is 0.329. The second kappa shape index (κ2) is 5.93. The maximum Gasteiger partial charge on any atom is 0.148 e. The highest BCUT2D eigenvalue weighted by molar-refractivity contribution is 5.33. The monoisotopic (exact) mass is 243 g/mol. The van der Waals surface area contributed by atoms with Gasteiger partial charge in [0.25, 0.3) is 0 Å². The average Bonchev–Trinajstić information content (AvgIpc) is 2.37. The number of hydrogen-bond donors (Lipinski definition) is 1. The van der Waals surface area contributed by atoms with Crippen molar-refractivity contribution >= 4 is 0 Å². The molecule has 0 spiro atoms. The van der Waals surface area contributed by atoms with Crippen LogP contribution in [0.3, 0.4) is 0 Å². The van der Waals surface area contributed by atoms with E-state index in [4.69, 9.17) is 11.2 Å². The Balaban J connectivity index is 1.98. The first-order valence-electron chi connectivity index (χ1n) is 6.69. The third-order valence-electron chi connectivity index (χ3n) is 3.92. The zero-order valence-corrected chi connectivity index (χ0v) is 11.0. The number of para-hydroxylation sites is 1. The van der Waals surface area contributed by atoms with Gasteiger partial charge in [-0.1, -0.05) is 31.0 Å². The van der Waals surface area contributed by atoms with Crippen LogP contribution in [0.15, 0.2) is 24.3 Å². The summed E-state index contributed by atoms with van der Waals surface area (Å²) in [6, 6.07) is 8.10. The van der Waals surface area contributed by atoms with E-state index < -0.39 is 0 Å². The Hall–Kier alpha value is -1.46. The molecule has 1 aliphatic rings. The van der Waals surface area contributed by atoms with E-state index in [-0.39, 0.29) is 0 Å². The highest BCUT2D eigenvalue weighted by Crippen LogP contribution is 2.35. The van der Waals surface area contributed by atoms with Crippen LogP contribution in [0.4, 0.5) is 0 Å². The Morgan fingerprint density at radius 1 is 1.39 bits per heavy atom. The van der Waals surface area contributed by atoms with Crippen molar-refractivity contribution in [2.75, 3.05) is 6.61 Å².